The van der Waals surface area contributed by atoms with E-state index in [4.69, 9.17) is 4.74 Å². The van der Waals surface area contributed by atoms with E-state index in [0.717, 1.165) is 12.1 Å². The number of hydrogen-bond donors (Lipinski definition) is 1. The molecule has 8 heteroatoms. The van der Waals surface area contributed by atoms with E-state index in [1.165, 1.54) is 24.1 Å². The summed E-state index contributed by atoms with van der Waals surface area (Å²) in [6.07, 6.45) is 1.05. The fourth-order valence-electron chi connectivity index (χ4n) is 4.73. The smallest absolute Gasteiger partial charge is 0.296 e. The molecule has 1 saturated heterocycles. The zero-order valence-corrected chi connectivity index (χ0v) is 18.5. The minimum absolute atomic E-state index is 0.0820. The largest absolute Gasteiger partial charge is 0.507 e. The van der Waals surface area contributed by atoms with Gasteiger partial charge >= 0.3 is 0 Å². The molecule has 2 aromatic carbocycles. The molecular weight excluding hydrogens is 427 g/mol. The van der Waals surface area contributed by atoms with Crippen LogP contribution in [-0.4, -0.2) is 54.4 Å². The van der Waals surface area contributed by atoms with Crippen molar-refractivity contribution < 1.29 is 28.6 Å². The topological polar surface area (TPSA) is 87.2 Å². The van der Waals surface area contributed by atoms with Crippen molar-refractivity contribution in [3.63, 3.8) is 0 Å². The summed E-state index contributed by atoms with van der Waals surface area (Å²) >= 11 is 0. The van der Waals surface area contributed by atoms with Crippen LogP contribution in [0.5, 0.6) is 0 Å². The molecular formula is C25H25FN2O5. The lowest BCUT2D eigenvalue weighted by Gasteiger charge is -2.34. The predicted molar refractivity (Wildman–Crippen MR) is 120 cm³/mol. The summed E-state index contributed by atoms with van der Waals surface area (Å²) < 4.78 is 18.6. The van der Waals surface area contributed by atoms with Crippen molar-refractivity contribution in [3.05, 3.63) is 71.0 Å². The number of amides is 2. The number of methoxy groups -OCH3 is 1. The Morgan fingerprint density at radius 2 is 1.76 bits per heavy atom. The molecule has 1 spiro atoms. The summed E-state index contributed by atoms with van der Waals surface area (Å²) in [6, 6.07) is 11.9. The Labute approximate surface area is 191 Å². The van der Waals surface area contributed by atoms with Crippen LogP contribution in [0.25, 0.3) is 5.76 Å². The molecule has 0 bridgehead atoms. The molecule has 172 valence electrons. The number of aliphatic hydroxyl groups is 1. The predicted octanol–water partition coefficient (Wildman–Crippen LogP) is 3.19. The van der Waals surface area contributed by atoms with E-state index in [-0.39, 0.29) is 17.7 Å². The highest BCUT2D eigenvalue weighted by atomic mass is 19.1. The van der Waals surface area contributed by atoms with Crippen LogP contribution in [-0.2, 0) is 24.7 Å². The highest BCUT2D eigenvalue weighted by Gasteiger charge is 2.66. The van der Waals surface area contributed by atoms with Gasteiger partial charge in [0.25, 0.3) is 17.6 Å². The number of carbonyl (C=O) groups is 3. The second-order valence-electron chi connectivity index (χ2n) is 8.05. The number of halogens is 1. The van der Waals surface area contributed by atoms with Crippen molar-refractivity contribution in [2.75, 3.05) is 31.7 Å². The quantitative estimate of drug-likeness (QED) is 0.302. The summed E-state index contributed by atoms with van der Waals surface area (Å²) in [6.45, 7) is 2.72. The van der Waals surface area contributed by atoms with Crippen molar-refractivity contribution in [1.29, 1.82) is 0 Å². The summed E-state index contributed by atoms with van der Waals surface area (Å²) in [4.78, 5) is 43.4. The molecule has 0 aliphatic carbocycles. The van der Waals surface area contributed by atoms with Gasteiger partial charge < -0.3 is 19.6 Å². The molecule has 0 saturated carbocycles. The van der Waals surface area contributed by atoms with Crippen molar-refractivity contribution in [3.8, 4) is 0 Å². The Morgan fingerprint density at radius 1 is 1.06 bits per heavy atom. The van der Waals surface area contributed by atoms with Crippen LogP contribution in [0.2, 0.25) is 0 Å². The number of aliphatic hydroxyl groups excluding tert-OH is 1. The summed E-state index contributed by atoms with van der Waals surface area (Å²) in [5, 5.41) is 11.2. The number of ketones is 1. The number of carbonyl (C=O) groups excluding carboxylic acids is 3. The van der Waals surface area contributed by atoms with E-state index in [9.17, 15) is 23.9 Å². The van der Waals surface area contributed by atoms with E-state index in [1.54, 1.807) is 29.2 Å². The maximum absolute atomic E-state index is 14.1. The van der Waals surface area contributed by atoms with Crippen LogP contribution in [0.15, 0.2) is 54.1 Å². The minimum atomic E-state index is -1.80. The van der Waals surface area contributed by atoms with Gasteiger partial charge in [-0.2, -0.15) is 0 Å². The molecule has 0 radical (unpaired) electrons. The van der Waals surface area contributed by atoms with Crippen LogP contribution in [0.4, 0.5) is 10.1 Å². The Kier molecular flexibility index (Phi) is 6.03. The average molecular weight is 452 g/mol. The molecule has 2 aliphatic rings. The Balaban J connectivity index is 2.01. The molecule has 2 aliphatic heterocycles. The van der Waals surface area contributed by atoms with Gasteiger partial charge in [0.1, 0.15) is 11.6 Å². The molecule has 2 aromatic rings. The van der Waals surface area contributed by atoms with Crippen molar-refractivity contribution in [2.24, 2.45) is 0 Å². The SMILES string of the molecule is CCCN1C(=O)C2(/C(=C(/O)c3ccc(F)cc3)C(=O)C(=O)N2CCCOC)c2ccccc21. The van der Waals surface area contributed by atoms with Crippen LogP contribution in [0.1, 0.15) is 30.9 Å². The van der Waals surface area contributed by atoms with Gasteiger partial charge in [0.05, 0.1) is 11.3 Å². The lowest BCUT2D eigenvalue weighted by molar-refractivity contribution is -0.143. The molecule has 1 atom stereocenters. The van der Waals surface area contributed by atoms with E-state index in [2.05, 4.69) is 0 Å². The summed E-state index contributed by atoms with van der Waals surface area (Å²) in [5.74, 6) is -3.31. The standard InChI is InChI=1S/C25H25FN2O5/c1-3-13-27-19-8-5-4-7-18(19)25(24(27)32)20(21(29)16-9-11-17(26)12-10-16)22(30)23(31)28(25)14-6-15-33-2/h4-5,7-12,29H,3,6,13-15H2,1-2H3/b21-20+. The van der Waals surface area contributed by atoms with E-state index in [0.29, 0.717) is 37.2 Å². The number of likely N-dealkylation sites (tertiary alicyclic amines) is 1. The Morgan fingerprint density at radius 3 is 2.42 bits per heavy atom. The fourth-order valence-corrected chi connectivity index (χ4v) is 4.73. The molecule has 2 heterocycles. The van der Waals surface area contributed by atoms with Gasteiger partial charge in [0, 0.05) is 37.9 Å². The number of anilines is 1. The number of ether oxygens (including phenoxy) is 1. The number of Topliss-reactive ketones (excluding diaryl/α,β-unsaturated/α-hetero) is 1. The highest BCUT2D eigenvalue weighted by molar-refractivity contribution is 6.50. The van der Waals surface area contributed by atoms with Gasteiger partial charge in [-0.1, -0.05) is 25.1 Å². The molecule has 33 heavy (non-hydrogen) atoms. The Bertz CT molecular complexity index is 1140. The minimum Gasteiger partial charge on any atom is -0.507 e. The third-order valence-electron chi connectivity index (χ3n) is 6.10. The van der Waals surface area contributed by atoms with Gasteiger partial charge in [-0.25, -0.2) is 4.39 Å². The van der Waals surface area contributed by atoms with Crippen LogP contribution in [0.3, 0.4) is 0 Å². The van der Waals surface area contributed by atoms with Crippen LogP contribution >= 0.6 is 0 Å². The van der Waals surface area contributed by atoms with Gasteiger partial charge in [-0.05, 0) is 43.2 Å². The first-order valence-electron chi connectivity index (χ1n) is 10.9. The Hall–Kier alpha value is -3.52. The zero-order chi connectivity index (χ0) is 23.8. The monoisotopic (exact) mass is 452 g/mol. The van der Waals surface area contributed by atoms with Gasteiger partial charge in [-0.15, -0.1) is 0 Å². The van der Waals surface area contributed by atoms with Gasteiger partial charge in [-0.3, -0.25) is 14.4 Å². The first kappa shape index (κ1) is 22.7. The number of para-hydroxylation sites is 1. The maximum atomic E-state index is 14.1. The second kappa shape index (κ2) is 8.78. The molecule has 7 nitrogen and oxygen atoms in total. The normalized spacial score (nSPS) is 21.4. The van der Waals surface area contributed by atoms with Crippen LogP contribution < -0.4 is 4.90 Å². The number of rotatable bonds is 7. The van der Waals surface area contributed by atoms with Crippen molar-refractivity contribution >= 4 is 29.0 Å². The third-order valence-corrected chi connectivity index (χ3v) is 6.10. The molecule has 1 fully saturated rings. The van der Waals surface area contributed by atoms with Gasteiger partial charge in [0.15, 0.2) is 5.54 Å². The molecule has 2 amide bonds. The van der Waals surface area contributed by atoms with E-state index < -0.39 is 34.7 Å². The number of hydrogen-bond acceptors (Lipinski definition) is 5. The van der Waals surface area contributed by atoms with Crippen LogP contribution in [0, 0.1) is 5.82 Å². The first-order chi connectivity index (χ1) is 15.9. The summed E-state index contributed by atoms with van der Waals surface area (Å²) in [5.41, 5.74) is -0.902. The van der Waals surface area contributed by atoms with Crippen molar-refractivity contribution in [2.45, 2.75) is 25.3 Å². The van der Waals surface area contributed by atoms with E-state index >= 15 is 0 Å². The lowest BCUT2D eigenvalue weighted by Crippen LogP contribution is -2.52. The molecule has 4 rings (SSSR count). The molecule has 1 unspecified atom stereocenters. The first-order valence-corrected chi connectivity index (χ1v) is 10.9. The fraction of sp³-hybridized carbons (Fsp3) is 0.320. The number of fused-ring (bicyclic) bond motifs is 2. The summed E-state index contributed by atoms with van der Waals surface area (Å²) in [7, 11) is 1.53. The molecule has 1 N–H and O–H groups in total. The molecule has 0 aromatic heterocycles. The van der Waals surface area contributed by atoms with E-state index in [1.807, 2.05) is 6.92 Å². The average Bonchev–Trinajstić information content (AvgIpc) is 3.19. The number of nitrogens with zero attached hydrogens (tertiary/aromatic N) is 2. The number of benzene rings is 2. The maximum Gasteiger partial charge on any atom is 0.296 e. The second-order valence-corrected chi connectivity index (χ2v) is 8.05. The highest BCUT2D eigenvalue weighted by Crippen LogP contribution is 2.53. The third kappa shape index (κ3) is 3.33. The van der Waals surface area contributed by atoms with Crippen molar-refractivity contribution in [1.82, 2.24) is 4.90 Å². The zero-order valence-electron chi connectivity index (χ0n) is 18.5. The van der Waals surface area contributed by atoms with Gasteiger partial charge in [0.2, 0.25) is 0 Å². The lowest BCUT2D eigenvalue weighted by atomic mass is 9.82.